The number of anilines is 3. The van der Waals surface area contributed by atoms with Crippen molar-refractivity contribution in [2.24, 2.45) is 0 Å². The van der Waals surface area contributed by atoms with Crippen molar-refractivity contribution in [2.45, 2.75) is 0 Å². The number of hydrogen-bond acceptors (Lipinski definition) is 3. The fourth-order valence-electron chi connectivity index (χ4n) is 7.35. The minimum atomic E-state index is 0.849. The normalized spacial score (nSPS) is 11.7. The van der Waals surface area contributed by atoms with E-state index in [0.717, 1.165) is 61.1 Å². The van der Waals surface area contributed by atoms with Crippen molar-refractivity contribution in [1.82, 2.24) is 9.55 Å². The topological polar surface area (TPSA) is 34.2 Å². The van der Waals surface area contributed by atoms with E-state index in [1.54, 1.807) is 0 Å². The zero-order valence-electron chi connectivity index (χ0n) is 26.5. The first-order valence-electron chi connectivity index (χ1n) is 16.5. The van der Waals surface area contributed by atoms with Crippen LogP contribution in [-0.4, -0.2) is 9.55 Å². The highest BCUT2D eigenvalue weighted by atomic mass is 16.3. The molecule has 49 heavy (non-hydrogen) atoms. The van der Waals surface area contributed by atoms with Gasteiger partial charge in [-0.05, 0) is 77.9 Å². The van der Waals surface area contributed by atoms with Gasteiger partial charge in [0.25, 0.3) is 0 Å². The molecule has 0 bridgehead atoms. The molecule has 0 aliphatic rings. The lowest BCUT2D eigenvalue weighted by atomic mass is 10.0. The summed E-state index contributed by atoms with van der Waals surface area (Å²) in [5.74, 6) is 0. The molecule has 10 rings (SSSR count). The van der Waals surface area contributed by atoms with E-state index in [-0.39, 0.29) is 0 Å². The molecule has 4 nitrogen and oxygen atoms in total. The van der Waals surface area contributed by atoms with Crippen LogP contribution in [0.3, 0.4) is 0 Å². The van der Waals surface area contributed by atoms with Crippen LogP contribution in [0.1, 0.15) is 0 Å². The Morgan fingerprint density at radius 2 is 1.14 bits per heavy atom. The molecular weight excluding hydrogens is 599 g/mol. The highest BCUT2D eigenvalue weighted by molar-refractivity contribution is 6.17. The smallest absolute Gasteiger partial charge is 0.137 e. The van der Waals surface area contributed by atoms with Gasteiger partial charge in [-0.3, -0.25) is 4.98 Å². The molecule has 0 aliphatic carbocycles. The monoisotopic (exact) mass is 627 g/mol. The molecule has 0 atom stereocenters. The van der Waals surface area contributed by atoms with Gasteiger partial charge in [-0.2, -0.15) is 0 Å². The van der Waals surface area contributed by atoms with Crippen LogP contribution < -0.4 is 4.90 Å². The standard InChI is InChI=1S/C45H29N3O/c1-3-11-30(12-4-1)31-19-22-34(23-20-31)47(36-27-32-21-26-43-44(45(32)46-29-36)39-16-8-10-18-42(39)49-43)35-24-25-38-37-15-7-9-17-40(37)48(41(38)28-35)33-13-5-2-6-14-33/h1-29H. The minimum Gasteiger partial charge on any atom is -0.456 e. The number of benzene rings is 7. The number of fused-ring (bicyclic) bond motifs is 8. The Bertz CT molecular complexity index is 2820. The summed E-state index contributed by atoms with van der Waals surface area (Å²) in [6, 6.07) is 60.0. The van der Waals surface area contributed by atoms with Gasteiger partial charge in [0.05, 0.1) is 33.8 Å². The molecule has 4 heteroatoms. The summed E-state index contributed by atoms with van der Waals surface area (Å²) in [6.07, 6.45) is 1.99. The number of pyridine rings is 1. The average molecular weight is 628 g/mol. The molecule has 0 radical (unpaired) electrons. The maximum Gasteiger partial charge on any atom is 0.137 e. The van der Waals surface area contributed by atoms with Gasteiger partial charge in [0.1, 0.15) is 11.2 Å². The van der Waals surface area contributed by atoms with E-state index in [9.17, 15) is 0 Å². The maximum absolute atomic E-state index is 6.19. The SMILES string of the molecule is c1ccc(-c2ccc(N(c3cnc4c(ccc5oc6ccccc6c54)c3)c3ccc4c5ccccc5n(-c5ccccc5)c4c3)cc2)cc1. The van der Waals surface area contributed by atoms with Gasteiger partial charge in [0.15, 0.2) is 0 Å². The van der Waals surface area contributed by atoms with Crippen LogP contribution in [0.5, 0.6) is 0 Å². The Morgan fingerprint density at radius 3 is 1.98 bits per heavy atom. The van der Waals surface area contributed by atoms with Crippen LogP contribution >= 0.6 is 0 Å². The van der Waals surface area contributed by atoms with E-state index in [2.05, 4.69) is 167 Å². The van der Waals surface area contributed by atoms with E-state index in [0.29, 0.717) is 0 Å². The second kappa shape index (κ2) is 11.0. The van der Waals surface area contributed by atoms with E-state index >= 15 is 0 Å². The number of hydrogen-bond donors (Lipinski definition) is 0. The number of furan rings is 1. The third kappa shape index (κ3) is 4.42. The molecule has 0 aliphatic heterocycles. The zero-order chi connectivity index (χ0) is 32.3. The van der Waals surface area contributed by atoms with Crippen molar-refractivity contribution in [2.75, 3.05) is 4.90 Å². The van der Waals surface area contributed by atoms with E-state index in [1.807, 2.05) is 18.3 Å². The molecule has 0 saturated carbocycles. The summed E-state index contributed by atoms with van der Waals surface area (Å²) in [6.45, 7) is 0. The van der Waals surface area contributed by atoms with Crippen LogP contribution in [0.15, 0.2) is 180 Å². The molecule has 3 heterocycles. The summed E-state index contributed by atoms with van der Waals surface area (Å²) < 4.78 is 8.55. The van der Waals surface area contributed by atoms with Crippen molar-refractivity contribution in [3.05, 3.63) is 176 Å². The van der Waals surface area contributed by atoms with Gasteiger partial charge in [0.2, 0.25) is 0 Å². The summed E-state index contributed by atoms with van der Waals surface area (Å²) in [7, 11) is 0. The molecule has 0 saturated heterocycles. The van der Waals surface area contributed by atoms with Crippen molar-refractivity contribution in [1.29, 1.82) is 0 Å². The summed E-state index contributed by atoms with van der Waals surface area (Å²) in [5.41, 5.74) is 11.6. The Labute approximate surface area is 282 Å². The lowest BCUT2D eigenvalue weighted by molar-refractivity contribution is 0.669. The molecule has 7 aromatic carbocycles. The number of rotatable bonds is 5. The molecule has 0 amide bonds. The van der Waals surface area contributed by atoms with Crippen molar-refractivity contribution in [3.8, 4) is 16.8 Å². The molecule has 0 N–H and O–H groups in total. The number of para-hydroxylation sites is 3. The average Bonchev–Trinajstić information content (AvgIpc) is 3.72. The predicted octanol–water partition coefficient (Wildman–Crippen LogP) is 12.4. The van der Waals surface area contributed by atoms with Gasteiger partial charge in [-0.1, -0.05) is 103 Å². The van der Waals surface area contributed by atoms with Crippen LogP contribution in [-0.2, 0) is 0 Å². The lowest BCUT2D eigenvalue weighted by Gasteiger charge is -2.26. The Morgan fingerprint density at radius 1 is 0.469 bits per heavy atom. The molecule has 0 spiro atoms. The fraction of sp³-hybridized carbons (Fsp3) is 0. The molecule has 0 fully saturated rings. The largest absolute Gasteiger partial charge is 0.456 e. The third-order valence-electron chi connectivity index (χ3n) is 9.60. The summed E-state index contributed by atoms with van der Waals surface area (Å²) in [4.78, 5) is 7.43. The molecule has 0 unspecified atom stereocenters. The van der Waals surface area contributed by atoms with Crippen LogP contribution in [0.2, 0.25) is 0 Å². The van der Waals surface area contributed by atoms with Crippen molar-refractivity contribution in [3.63, 3.8) is 0 Å². The Balaban J connectivity index is 1.20. The van der Waals surface area contributed by atoms with Gasteiger partial charge in [0, 0.05) is 38.6 Å². The first-order chi connectivity index (χ1) is 24.3. The van der Waals surface area contributed by atoms with E-state index in [4.69, 9.17) is 9.40 Å². The first-order valence-corrected chi connectivity index (χ1v) is 16.5. The second-order valence-electron chi connectivity index (χ2n) is 12.4. The minimum absolute atomic E-state index is 0.849. The Kier molecular flexibility index (Phi) is 6.15. The van der Waals surface area contributed by atoms with Gasteiger partial charge < -0.3 is 13.9 Å². The zero-order valence-corrected chi connectivity index (χ0v) is 26.5. The highest BCUT2D eigenvalue weighted by Crippen LogP contribution is 2.42. The fourth-order valence-corrected chi connectivity index (χ4v) is 7.35. The first kappa shape index (κ1) is 27.5. The lowest BCUT2D eigenvalue weighted by Crippen LogP contribution is -2.10. The quantitative estimate of drug-likeness (QED) is 0.190. The summed E-state index contributed by atoms with van der Waals surface area (Å²) >= 11 is 0. The van der Waals surface area contributed by atoms with E-state index in [1.165, 1.54) is 27.4 Å². The van der Waals surface area contributed by atoms with Gasteiger partial charge in [-0.15, -0.1) is 0 Å². The molecule has 3 aromatic heterocycles. The maximum atomic E-state index is 6.19. The molecular formula is C45H29N3O. The van der Waals surface area contributed by atoms with Crippen LogP contribution in [0.4, 0.5) is 17.1 Å². The molecule has 230 valence electrons. The Hall–Kier alpha value is -6.65. The predicted molar refractivity (Wildman–Crippen MR) is 203 cm³/mol. The third-order valence-corrected chi connectivity index (χ3v) is 9.60. The van der Waals surface area contributed by atoms with E-state index < -0.39 is 0 Å². The second-order valence-corrected chi connectivity index (χ2v) is 12.4. The van der Waals surface area contributed by atoms with Crippen LogP contribution in [0, 0.1) is 0 Å². The van der Waals surface area contributed by atoms with Gasteiger partial charge >= 0.3 is 0 Å². The highest BCUT2D eigenvalue weighted by Gasteiger charge is 2.19. The van der Waals surface area contributed by atoms with Crippen molar-refractivity contribution < 1.29 is 4.42 Å². The number of nitrogens with zero attached hydrogens (tertiary/aromatic N) is 3. The van der Waals surface area contributed by atoms with Crippen LogP contribution in [0.25, 0.3) is 71.5 Å². The summed E-state index contributed by atoms with van der Waals surface area (Å²) in [5, 5.41) is 5.63. The molecule has 10 aromatic rings. The van der Waals surface area contributed by atoms with Gasteiger partial charge in [-0.25, -0.2) is 0 Å². The number of aromatic nitrogens is 2. The van der Waals surface area contributed by atoms with Crippen molar-refractivity contribution >= 4 is 71.7 Å².